The summed E-state index contributed by atoms with van der Waals surface area (Å²) in [7, 11) is 0. The van der Waals surface area contributed by atoms with E-state index < -0.39 is 5.97 Å². The predicted molar refractivity (Wildman–Crippen MR) is 34.1 cm³/mol. The maximum Gasteiger partial charge on any atom is 1.00 e. The van der Waals surface area contributed by atoms with E-state index in [9.17, 15) is 9.90 Å². The molecule has 0 heterocycles. The number of phenolic OH excluding ortho intramolecular Hbond substituents is 2. The van der Waals surface area contributed by atoms with Gasteiger partial charge in [-0.1, -0.05) is 0 Å². The Bertz CT molecular complexity index is 277. The number of carboxylic acids is 1. The van der Waals surface area contributed by atoms with E-state index >= 15 is 0 Å². The average Bonchev–Trinajstić information content (AvgIpc) is 1.85. The molecule has 0 amide bonds. The van der Waals surface area contributed by atoms with Crippen molar-refractivity contribution >= 4 is 5.97 Å². The van der Waals surface area contributed by atoms with Gasteiger partial charge in [0.1, 0.15) is 11.5 Å². The van der Waals surface area contributed by atoms with Crippen molar-refractivity contribution in [3.63, 3.8) is 0 Å². The van der Waals surface area contributed by atoms with Crippen LogP contribution in [-0.4, -0.2) is 16.2 Å². The first-order valence-electron chi connectivity index (χ1n) is 2.84. The minimum Gasteiger partial charge on any atom is -0.545 e. The second-order valence-electron chi connectivity index (χ2n) is 2.03. The number of rotatable bonds is 1. The maximum atomic E-state index is 10.2. The number of phenols is 2. The summed E-state index contributed by atoms with van der Waals surface area (Å²) >= 11 is 0. The van der Waals surface area contributed by atoms with E-state index in [4.69, 9.17) is 10.2 Å². The first-order valence-corrected chi connectivity index (χ1v) is 2.84. The number of aromatic hydroxyl groups is 2. The SMILES string of the molecule is O=C([O-])c1cc(O)cc(O)c1.[K+]. The maximum absolute atomic E-state index is 10.2. The van der Waals surface area contributed by atoms with Gasteiger partial charge in [-0.25, -0.2) is 0 Å². The van der Waals surface area contributed by atoms with Gasteiger partial charge in [0.2, 0.25) is 0 Å². The molecule has 0 bridgehead atoms. The van der Waals surface area contributed by atoms with E-state index in [2.05, 4.69) is 0 Å². The summed E-state index contributed by atoms with van der Waals surface area (Å²) in [5.41, 5.74) is -0.248. The van der Waals surface area contributed by atoms with Crippen molar-refractivity contribution < 1.29 is 71.5 Å². The number of aromatic carboxylic acids is 1. The van der Waals surface area contributed by atoms with Gasteiger partial charge in [-0.2, -0.15) is 0 Å². The number of benzene rings is 1. The molecule has 0 spiro atoms. The van der Waals surface area contributed by atoms with Crippen LogP contribution in [0.3, 0.4) is 0 Å². The third-order valence-electron chi connectivity index (χ3n) is 1.14. The molecule has 0 atom stereocenters. The van der Waals surface area contributed by atoms with Crippen LogP contribution in [0.2, 0.25) is 0 Å². The van der Waals surface area contributed by atoms with Crippen LogP contribution >= 0.6 is 0 Å². The number of hydrogen-bond donors (Lipinski definition) is 2. The van der Waals surface area contributed by atoms with Crippen molar-refractivity contribution in [3.8, 4) is 11.5 Å². The van der Waals surface area contributed by atoms with Crippen LogP contribution in [0.4, 0.5) is 0 Å². The summed E-state index contributed by atoms with van der Waals surface area (Å²) in [5, 5.41) is 27.8. The van der Waals surface area contributed by atoms with Crippen molar-refractivity contribution in [3.05, 3.63) is 23.8 Å². The summed E-state index contributed by atoms with van der Waals surface area (Å²) in [6, 6.07) is 3.02. The fraction of sp³-hybridized carbons (Fsp3) is 0. The Kier molecular flexibility index (Phi) is 4.80. The van der Waals surface area contributed by atoms with Crippen molar-refractivity contribution in [2.24, 2.45) is 0 Å². The Morgan fingerprint density at radius 3 is 1.92 bits per heavy atom. The molecule has 0 aliphatic carbocycles. The standard InChI is InChI=1S/C7H6O4.K/c8-5-1-4(7(10)11)2-6(9)3-5;/h1-3,8-9H,(H,10,11);/q;+1/p-1. The number of carbonyl (C=O) groups excluding carboxylic acids is 1. The molecule has 0 saturated carbocycles. The third-order valence-corrected chi connectivity index (χ3v) is 1.14. The Morgan fingerprint density at radius 2 is 1.58 bits per heavy atom. The molecule has 5 heteroatoms. The Balaban J connectivity index is 0.00000121. The van der Waals surface area contributed by atoms with Gasteiger partial charge in [-0.3, -0.25) is 0 Å². The Hall–Kier alpha value is -0.0736. The van der Waals surface area contributed by atoms with Gasteiger partial charge < -0.3 is 20.1 Å². The van der Waals surface area contributed by atoms with Gasteiger partial charge in [0.25, 0.3) is 0 Å². The molecule has 1 rings (SSSR count). The molecule has 0 aromatic heterocycles. The third kappa shape index (κ3) is 3.12. The van der Waals surface area contributed by atoms with E-state index in [0.717, 1.165) is 18.2 Å². The van der Waals surface area contributed by atoms with Crippen LogP contribution < -0.4 is 56.5 Å². The number of hydrogen-bond acceptors (Lipinski definition) is 4. The fourth-order valence-corrected chi connectivity index (χ4v) is 0.713. The van der Waals surface area contributed by atoms with Gasteiger partial charge in [-0.15, -0.1) is 0 Å². The van der Waals surface area contributed by atoms with Gasteiger partial charge in [0, 0.05) is 11.6 Å². The van der Waals surface area contributed by atoms with Crippen molar-refractivity contribution in [1.29, 1.82) is 0 Å². The van der Waals surface area contributed by atoms with Crippen molar-refractivity contribution in [2.75, 3.05) is 0 Å². The van der Waals surface area contributed by atoms with Crippen LogP contribution in [0, 0.1) is 0 Å². The first kappa shape index (κ1) is 11.9. The topological polar surface area (TPSA) is 80.6 Å². The summed E-state index contributed by atoms with van der Waals surface area (Å²) in [4.78, 5) is 10.2. The summed E-state index contributed by atoms with van der Waals surface area (Å²) in [6.07, 6.45) is 0. The second-order valence-corrected chi connectivity index (χ2v) is 2.03. The molecule has 0 saturated heterocycles. The van der Waals surface area contributed by atoms with Crippen molar-refractivity contribution in [2.45, 2.75) is 0 Å². The summed E-state index contributed by atoms with van der Waals surface area (Å²) < 4.78 is 0. The monoisotopic (exact) mass is 192 g/mol. The zero-order valence-corrected chi connectivity index (χ0v) is 9.57. The molecular formula is C7H5KO4. The molecule has 1 aromatic rings. The van der Waals surface area contributed by atoms with Crippen LogP contribution in [0.1, 0.15) is 10.4 Å². The zero-order valence-electron chi connectivity index (χ0n) is 6.44. The molecule has 1 aromatic carbocycles. The fourth-order valence-electron chi connectivity index (χ4n) is 0.713. The van der Waals surface area contributed by atoms with Crippen molar-refractivity contribution in [1.82, 2.24) is 0 Å². The van der Waals surface area contributed by atoms with E-state index in [-0.39, 0.29) is 68.4 Å². The smallest absolute Gasteiger partial charge is 0.545 e. The average molecular weight is 192 g/mol. The summed E-state index contributed by atoms with van der Waals surface area (Å²) in [5.74, 6) is -2.04. The van der Waals surface area contributed by atoms with Gasteiger partial charge in [0.05, 0.1) is 5.97 Å². The van der Waals surface area contributed by atoms with Gasteiger partial charge in [-0.05, 0) is 12.1 Å². The molecule has 0 aliphatic heterocycles. The quantitative estimate of drug-likeness (QED) is 0.452. The molecule has 0 aliphatic rings. The van der Waals surface area contributed by atoms with Crippen LogP contribution in [0.5, 0.6) is 11.5 Å². The molecule has 0 radical (unpaired) electrons. The van der Waals surface area contributed by atoms with Crippen LogP contribution in [-0.2, 0) is 0 Å². The zero-order chi connectivity index (χ0) is 8.43. The number of carbonyl (C=O) groups is 1. The minimum atomic E-state index is -1.43. The molecular weight excluding hydrogens is 187 g/mol. The van der Waals surface area contributed by atoms with E-state index in [0.29, 0.717) is 0 Å². The Labute approximate surface area is 111 Å². The van der Waals surface area contributed by atoms with Crippen LogP contribution in [0.25, 0.3) is 0 Å². The largest absolute Gasteiger partial charge is 1.00 e. The minimum absolute atomic E-state index is 0. The van der Waals surface area contributed by atoms with Gasteiger partial charge in [0.15, 0.2) is 0 Å². The molecule has 2 N–H and O–H groups in total. The molecule has 0 unspecified atom stereocenters. The first-order chi connectivity index (χ1) is 5.09. The molecule has 0 fully saturated rings. The second kappa shape index (κ2) is 4.83. The normalized spacial score (nSPS) is 8.67. The number of carboxylic acid groups (broad SMARTS) is 1. The van der Waals surface area contributed by atoms with E-state index in [1.54, 1.807) is 0 Å². The molecule has 12 heavy (non-hydrogen) atoms. The van der Waals surface area contributed by atoms with E-state index in [1.165, 1.54) is 0 Å². The molecule has 4 nitrogen and oxygen atoms in total. The van der Waals surface area contributed by atoms with Crippen LogP contribution in [0.15, 0.2) is 18.2 Å². The van der Waals surface area contributed by atoms with Gasteiger partial charge >= 0.3 is 51.4 Å². The predicted octanol–water partition coefficient (Wildman–Crippen LogP) is -3.53. The Morgan fingerprint density at radius 1 is 1.17 bits per heavy atom. The summed E-state index contributed by atoms with van der Waals surface area (Å²) in [6.45, 7) is 0. The molecule has 58 valence electrons. The van der Waals surface area contributed by atoms with E-state index in [1.807, 2.05) is 0 Å².